The van der Waals surface area contributed by atoms with Crippen LogP contribution in [0.1, 0.15) is 26.7 Å². The molecule has 80 valence electrons. The Bertz CT molecular complexity index is 344. The minimum Gasteiger partial charge on any atom is -0.486 e. The van der Waals surface area contributed by atoms with Crippen molar-refractivity contribution in [1.82, 2.24) is 0 Å². The second kappa shape index (κ2) is 4.52. The second-order valence-corrected chi connectivity index (χ2v) is 4.38. The third-order valence-corrected chi connectivity index (χ3v) is 2.81. The highest BCUT2D eigenvalue weighted by atomic mass is 16.5. The highest BCUT2D eigenvalue weighted by Crippen LogP contribution is 2.21. The van der Waals surface area contributed by atoms with Gasteiger partial charge in [0.05, 0.1) is 0 Å². The molecule has 15 heavy (non-hydrogen) atoms. The Balaban J connectivity index is 1.89. The molecule has 0 radical (unpaired) electrons. The van der Waals surface area contributed by atoms with Crippen LogP contribution in [-0.2, 0) is 4.74 Å². The van der Waals surface area contributed by atoms with Crippen molar-refractivity contribution in [1.29, 1.82) is 0 Å². The van der Waals surface area contributed by atoms with Gasteiger partial charge in [0, 0.05) is 6.42 Å². The Morgan fingerprint density at radius 1 is 1.13 bits per heavy atom. The molecule has 0 aromatic heterocycles. The maximum absolute atomic E-state index is 5.87. The fraction of sp³-hybridized carbons (Fsp3) is 0.429. The lowest BCUT2D eigenvalue weighted by molar-refractivity contribution is 0.164. The van der Waals surface area contributed by atoms with Gasteiger partial charge in [-0.25, -0.2) is 0 Å². The normalized spacial score (nSPS) is 29.7. The van der Waals surface area contributed by atoms with Crippen LogP contribution in [0, 0.1) is 5.92 Å². The topological polar surface area (TPSA) is 9.23 Å². The summed E-state index contributed by atoms with van der Waals surface area (Å²) in [5.41, 5.74) is 1.33. The Morgan fingerprint density at radius 2 is 2.00 bits per heavy atom. The number of hydrogen-bond acceptors (Lipinski definition) is 1. The predicted molar refractivity (Wildman–Crippen MR) is 63.4 cm³/mol. The summed E-state index contributed by atoms with van der Waals surface area (Å²) in [4.78, 5) is 0. The molecule has 0 heterocycles. The average molecular weight is 202 g/mol. The van der Waals surface area contributed by atoms with Crippen molar-refractivity contribution in [2.24, 2.45) is 5.92 Å². The molecule has 1 heteroatoms. The Kier molecular flexibility index (Phi) is 3.10. The molecule has 2 rings (SSSR count). The smallest absolute Gasteiger partial charge is 0.121 e. The SMILES string of the molecule is CC1=CCC(OC2=CCC(C)C=C2)C=C1. The van der Waals surface area contributed by atoms with Gasteiger partial charge in [-0.2, -0.15) is 0 Å². The van der Waals surface area contributed by atoms with Crippen molar-refractivity contribution < 1.29 is 4.74 Å². The molecule has 0 saturated carbocycles. The van der Waals surface area contributed by atoms with Crippen LogP contribution in [0.4, 0.5) is 0 Å². The molecule has 0 aliphatic heterocycles. The van der Waals surface area contributed by atoms with Crippen LogP contribution in [0.25, 0.3) is 0 Å². The quantitative estimate of drug-likeness (QED) is 0.662. The van der Waals surface area contributed by atoms with Gasteiger partial charge in [0.25, 0.3) is 0 Å². The first-order valence-corrected chi connectivity index (χ1v) is 5.64. The fourth-order valence-electron chi connectivity index (χ4n) is 1.77. The highest BCUT2D eigenvalue weighted by molar-refractivity contribution is 5.24. The zero-order valence-corrected chi connectivity index (χ0v) is 9.44. The molecule has 0 spiro atoms. The lowest BCUT2D eigenvalue weighted by Crippen LogP contribution is -2.11. The molecule has 2 aliphatic carbocycles. The molecule has 0 aromatic rings. The van der Waals surface area contributed by atoms with Gasteiger partial charge in [0.1, 0.15) is 11.9 Å². The monoisotopic (exact) mass is 202 g/mol. The molecule has 2 aliphatic rings. The van der Waals surface area contributed by atoms with Crippen LogP contribution in [-0.4, -0.2) is 6.10 Å². The van der Waals surface area contributed by atoms with Crippen LogP contribution >= 0.6 is 0 Å². The van der Waals surface area contributed by atoms with E-state index in [0.717, 1.165) is 18.6 Å². The molecule has 0 saturated heterocycles. The van der Waals surface area contributed by atoms with Gasteiger partial charge in [0.15, 0.2) is 0 Å². The molecule has 0 N–H and O–H groups in total. The van der Waals surface area contributed by atoms with Crippen molar-refractivity contribution >= 4 is 0 Å². The van der Waals surface area contributed by atoms with E-state index >= 15 is 0 Å². The fourth-order valence-corrected chi connectivity index (χ4v) is 1.77. The largest absolute Gasteiger partial charge is 0.486 e. The Hall–Kier alpha value is -1.24. The van der Waals surface area contributed by atoms with Crippen molar-refractivity contribution in [2.75, 3.05) is 0 Å². The van der Waals surface area contributed by atoms with Crippen molar-refractivity contribution in [2.45, 2.75) is 32.8 Å². The molecular formula is C14H18O. The van der Waals surface area contributed by atoms with Gasteiger partial charge < -0.3 is 4.74 Å². The van der Waals surface area contributed by atoms with Gasteiger partial charge in [-0.15, -0.1) is 0 Å². The molecule has 2 unspecified atom stereocenters. The summed E-state index contributed by atoms with van der Waals surface area (Å²) in [6, 6.07) is 0. The molecular weight excluding hydrogens is 184 g/mol. The van der Waals surface area contributed by atoms with Crippen LogP contribution in [0.15, 0.2) is 47.8 Å². The molecule has 0 aromatic carbocycles. The first kappa shape index (κ1) is 10.3. The molecule has 0 fully saturated rings. The third-order valence-electron chi connectivity index (χ3n) is 2.81. The summed E-state index contributed by atoms with van der Waals surface area (Å²) >= 11 is 0. The van der Waals surface area contributed by atoms with Gasteiger partial charge in [-0.1, -0.05) is 30.7 Å². The number of rotatable bonds is 2. The van der Waals surface area contributed by atoms with Gasteiger partial charge in [-0.05, 0) is 37.5 Å². The number of ether oxygens (including phenoxy) is 1. The molecule has 2 atom stereocenters. The minimum atomic E-state index is 0.220. The number of allylic oxidation sites excluding steroid dienone is 5. The standard InChI is InChI=1S/C14H18O/c1-11-3-7-13(8-4-11)15-14-9-5-12(2)6-10-14/h3-5,7,9-10,12-13H,6,8H2,1-2H3. The van der Waals surface area contributed by atoms with E-state index in [1.165, 1.54) is 5.57 Å². The molecule has 0 amide bonds. The minimum absolute atomic E-state index is 0.220. The van der Waals surface area contributed by atoms with E-state index in [2.05, 4.69) is 50.3 Å². The van der Waals surface area contributed by atoms with Crippen LogP contribution in [0.3, 0.4) is 0 Å². The van der Waals surface area contributed by atoms with Gasteiger partial charge in [-0.3, -0.25) is 0 Å². The zero-order valence-electron chi connectivity index (χ0n) is 9.44. The summed E-state index contributed by atoms with van der Waals surface area (Å²) in [6.45, 7) is 4.34. The first-order valence-electron chi connectivity index (χ1n) is 5.64. The summed E-state index contributed by atoms with van der Waals surface area (Å²) in [5.74, 6) is 1.68. The van der Waals surface area contributed by atoms with Crippen LogP contribution < -0.4 is 0 Å². The second-order valence-electron chi connectivity index (χ2n) is 4.38. The predicted octanol–water partition coefficient (Wildman–Crippen LogP) is 3.76. The first-order chi connectivity index (χ1) is 7.24. The number of hydrogen-bond donors (Lipinski definition) is 0. The summed E-state index contributed by atoms with van der Waals surface area (Å²) < 4.78 is 5.87. The lowest BCUT2D eigenvalue weighted by Gasteiger charge is -2.20. The van der Waals surface area contributed by atoms with Crippen molar-refractivity contribution in [3.8, 4) is 0 Å². The zero-order chi connectivity index (χ0) is 10.7. The lowest BCUT2D eigenvalue weighted by atomic mass is 10.0. The third kappa shape index (κ3) is 2.85. The highest BCUT2D eigenvalue weighted by Gasteiger charge is 2.11. The maximum Gasteiger partial charge on any atom is 0.121 e. The van der Waals surface area contributed by atoms with E-state index in [1.807, 2.05) is 0 Å². The van der Waals surface area contributed by atoms with E-state index in [9.17, 15) is 0 Å². The average Bonchev–Trinajstić information content (AvgIpc) is 2.25. The Labute approximate surface area is 91.8 Å². The summed E-state index contributed by atoms with van der Waals surface area (Å²) in [5, 5.41) is 0. The van der Waals surface area contributed by atoms with Gasteiger partial charge in [0.2, 0.25) is 0 Å². The molecule has 0 bridgehead atoms. The van der Waals surface area contributed by atoms with E-state index < -0.39 is 0 Å². The van der Waals surface area contributed by atoms with Crippen LogP contribution in [0.5, 0.6) is 0 Å². The van der Waals surface area contributed by atoms with Crippen molar-refractivity contribution in [3.63, 3.8) is 0 Å². The van der Waals surface area contributed by atoms with Crippen LogP contribution in [0.2, 0.25) is 0 Å². The van der Waals surface area contributed by atoms with E-state index in [-0.39, 0.29) is 6.10 Å². The van der Waals surface area contributed by atoms with E-state index in [4.69, 9.17) is 4.74 Å². The summed E-state index contributed by atoms with van der Waals surface area (Å²) in [7, 11) is 0. The summed E-state index contributed by atoms with van der Waals surface area (Å²) in [6.07, 6.45) is 15.3. The van der Waals surface area contributed by atoms with Crippen molar-refractivity contribution in [3.05, 3.63) is 47.8 Å². The van der Waals surface area contributed by atoms with E-state index in [1.54, 1.807) is 0 Å². The van der Waals surface area contributed by atoms with Gasteiger partial charge >= 0.3 is 0 Å². The van der Waals surface area contributed by atoms with E-state index in [0.29, 0.717) is 5.92 Å². The molecule has 1 nitrogen and oxygen atoms in total. The Morgan fingerprint density at radius 3 is 2.60 bits per heavy atom. The maximum atomic E-state index is 5.87.